The third-order valence-electron chi connectivity index (χ3n) is 6.61. The van der Waals surface area contributed by atoms with Gasteiger partial charge >= 0.3 is 0 Å². The van der Waals surface area contributed by atoms with E-state index in [1.807, 2.05) is 31.2 Å². The second-order valence-electron chi connectivity index (χ2n) is 9.91. The number of ether oxygens (including phenoxy) is 1. The maximum Gasteiger partial charge on any atom is 0.146 e. The van der Waals surface area contributed by atoms with Crippen LogP contribution < -0.4 is 15.0 Å². The Morgan fingerprint density at radius 3 is 2.63 bits per heavy atom. The number of β-amino-alcohol motifs (C(OH)–C–C–N with tert-alkyl or cyclic N) is 1. The smallest absolute Gasteiger partial charge is 0.146 e. The Balaban J connectivity index is 1.39. The van der Waals surface area contributed by atoms with Crippen LogP contribution in [0.1, 0.15) is 38.0 Å². The first-order valence-electron chi connectivity index (χ1n) is 12.2. The Morgan fingerprint density at radius 1 is 1.21 bits per heavy atom. The van der Waals surface area contributed by atoms with E-state index in [0.29, 0.717) is 58.1 Å². The fourth-order valence-corrected chi connectivity index (χ4v) is 5.40. The van der Waals surface area contributed by atoms with Crippen LogP contribution >= 0.6 is 23.2 Å². The molecule has 5 rings (SSSR count). The number of H-pyrrole nitrogens is 1. The molecule has 0 bridgehead atoms. The highest BCUT2D eigenvalue weighted by atomic mass is 35.5. The number of anilines is 1. The Bertz CT molecular complexity index is 1510. The van der Waals surface area contributed by atoms with E-state index in [2.05, 4.69) is 43.4 Å². The standard InChI is InChI=1S/C27H27Cl2N7O2/c1-15(37)9-33-27(3)13-36(14-27)26-17(8-30)6-18(10-32-26)25-20-7-19(4-5-23(20)34-35-25)38-16(2)24-21(28)11-31-12-22(24)29/h4-7,10-12,15-16,33,37H,9,13-14H2,1-3H3,(H,34,35)/t15-,16-/m1/s1. The average Bonchev–Trinajstić information content (AvgIpc) is 3.28. The molecule has 38 heavy (non-hydrogen) atoms. The van der Waals surface area contributed by atoms with E-state index in [1.165, 1.54) is 12.4 Å². The predicted molar refractivity (Wildman–Crippen MR) is 148 cm³/mol. The number of nitrogens with one attached hydrogen (secondary N) is 2. The molecule has 4 aromatic rings. The van der Waals surface area contributed by atoms with Gasteiger partial charge in [-0.3, -0.25) is 10.1 Å². The van der Waals surface area contributed by atoms with E-state index in [9.17, 15) is 10.4 Å². The molecule has 0 saturated carbocycles. The van der Waals surface area contributed by atoms with Crippen molar-refractivity contribution in [2.24, 2.45) is 0 Å². The van der Waals surface area contributed by atoms with Crippen molar-refractivity contribution in [1.82, 2.24) is 25.5 Å². The van der Waals surface area contributed by atoms with E-state index in [-0.39, 0.29) is 5.54 Å². The minimum atomic E-state index is -0.419. The molecule has 4 heterocycles. The molecule has 0 spiro atoms. The molecule has 0 radical (unpaired) electrons. The van der Waals surface area contributed by atoms with Crippen LogP contribution in [0.2, 0.25) is 10.0 Å². The molecule has 3 N–H and O–H groups in total. The largest absolute Gasteiger partial charge is 0.486 e. The van der Waals surface area contributed by atoms with Gasteiger partial charge in [0.2, 0.25) is 0 Å². The number of fused-ring (bicyclic) bond motifs is 1. The number of aliphatic hydroxyl groups excluding tert-OH is 1. The fourth-order valence-electron chi connectivity index (χ4n) is 4.73. The normalized spacial score (nSPS) is 16.1. The number of nitriles is 1. The summed E-state index contributed by atoms with van der Waals surface area (Å²) in [5, 5.41) is 32.1. The topological polar surface area (TPSA) is 123 Å². The molecule has 0 amide bonds. The third-order valence-corrected chi connectivity index (χ3v) is 7.21. The van der Waals surface area contributed by atoms with Gasteiger partial charge in [-0.2, -0.15) is 10.4 Å². The quantitative estimate of drug-likeness (QED) is 0.283. The van der Waals surface area contributed by atoms with Gasteiger partial charge in [-0.1, -0.05) is 23.2 Å². The summed E-state index contributed by atoms with van der Waals surface area (Å²) in [5.74, 6) is 1.25. The summed E-state index contributed by atoms with van der Waals surface area (Å²) in [6, 6.07) is 9.71. The highest BCUT2D eigenvalue weighted by molar-refractivity contribution is 6.35. The van der Waals surface area contributed by atoms with Crippen LogP contribution in [0.15, 0.2) is 42.9 Å². The molecule has 1 aromatic carbocycles. The summed E-state index contributed by atoms with van der Waals surface area (Å²) in [4.78, 5) is 10.7. The molecular formula is C27H27Cl2N7O2. The van der Waals surface area contributed by atoms with Gasteiger partial charge in [0.05, 0.1) is 32.8 Å². The number of pyridine rings is 2. The van der Waals surface area contributed by atoms with Crippen molar-refractivity contribution >= 4 is 39.9 Å². The molecule has 3 aromatic heterocycles. The monoisotopic (exact) mass is 551 g/mol. The summed E-state index contributed by atoms with van der Waals surface area (Å²) in [6.07, 6.45) is 3.98. The van der Waals surface area contributed by atoms with E-state index in [0.717, 1.165) is 16.5 Å². The summed E-state index contributed by atoms with van der Waals surface area (Å²) >= 11 is 12.6. The number of rotatable bonds is 8. The molecule has 1 fully saturated rings. The summed E-state index contributed by atoms with van der Waals surface area (Å²) < 4.78 is 6.17. The number of aromatic amines is 1. The van der Waals surface area contributed by atoms with Crippen molar-refractivity contribution in [3.8, 4) is 23.1 Å². The van der Waals surface area contributed by atoms with Crippen molar-refractivity contribution in [3.05, 3.63) is 64.0 Å². The zero-order chi connectivity index (χ0) is 27.0. The van der Waals surface area contributed by atoms with Crippen LogP contribution in [0.5, 0.6) is 5.75 Å². The van der Waals surface area contributed by atoms with E-state index in [1.54, 1.807) is 13.1 Å². The van der Waals surface area contributed by atoms with Crippen LogP contribution in [-0.4, -0.2) is 56.5 Å². The van der Waals surface area contributed by atoms with Crippen molar-refractivity contribution < 1.29 is 9.84 Å². The molecule has 0 unspecified atom stereocenters. The zero-order valence-electron chi connectivity index (χ0n) is 21.2. The third kappa shape index (κ3) is 5.13. The number of nitrogens with zero attached hydrogens (tertiary/aromatic N) is 5. The fraction of sp³-hybridized carbons (Fsp3) is 0.333. The average molecular weight is 552 g/mol. The SMILES string of the molecule is C[C@@H](O)CNC1(C)CN(c2ncc(-c3n[nH]c4ccc(O[C@H](C)c5c(Cl)cncc5Cl)cc34)cc2C#N)C1. The van der Waals surface area contributed by atoms with Gasteiger partial charge < -0.3 is 20.1 Å². The summed E-state index contributed by atoms with van der Waals surface area (Å²) in [6.45, 7) is 7.62. The lowest BCUT2D eigenvalue weighted by molar-refractivity contribution is 0.164. The van der Waals surface area contributed by atoms with Gasteiger partial charge in [-0.05, 0) is 45.0 Å². The number of aliphatic hydroxyl groups is 1. The van der Waals surface area contributed by atoms with Crippen molar-refractivity contribution in [2.75, 3.05) is 24.5 Å². The van der Waals surface area contributed by atoms with Crippen molar-refractivity contribution in [2.45, 2.75) is 38.5 Å². The van der Waals surface area contributed by atoms with Gasteiger partial charge in [0.25, 0.3) is 0 Å². The lowest BCUT2D eigenvalue weighted by atomic mass is 9.91. The molecular weight excluding hydrogens is 525 g/mol. The minimum absolute atomic E-state index is 0.138. The lowest BCUT2D eigenvalue weighted by Crippen LogP contribution is -2.68. The zero-order valence-corrected chi connectivity index (χ0v) is 22.7. The van der Waals surface area contributed by atoms with Gasteiger partial charge in [0.1, 0.15) is 29.4 Å². The van der Waals surface area contributed by atoms with Gasteiger partial charge in [-0.15, -0.1) is 0 Å². The second kappa shape index (κ2) is 10.4. The van der Waals surface area contributed by atoms with Gasteiger partial charge in [-0.25, -0.2) is 4.98 Å². The molecule has 0 aliphatic carbocycles. The summed E-state index contributed by atoms with van der Waals surface area (Å²) in [5.41, 5.74) is 3.21. The van der Waals surface area contributed by atoms with Crippen molar-refractivity contribution in [1.29, 1.82) is 5.26 Å². The highest BCUT2D eigenvalue weighted by Crippen LogP contribution is 2.36. The van der Waals surface area contributed by atoms with Crippen LogP contribution in [0.25, 0.3) is 22.2 Å². The van der Waals surface area contributed by atoms with E-state index in [4.69, 9.17) is 27.9 Å². The van der Waals surface area contributed by atoms with Crippen molar-refractivity contribution in [3.63, 3.8) is 0 Å². The molecule has 11 heteroatoms. The van der Waals surface area contributed by atoms with E-state index < -0.39 is 12.2 Å². The first kappa shape index (κ1) is 26.2. The lowest BCUT2D eigenvalue weighted by Gasteiger charge is -2.49. The summed E-state index contributed by atoms with van der Waals surface area (Å²) in [7, 11) is 0. The molecule has 1 aliphatic heterocycles. The maximum absolute atomic E-state index is 9.89. The number of benzene rings is 1. The molecule has 1 saturated heterocycles. The first-order chi connectivity index (χ1) is 18.2. The van der Waals surface area contributed by atoms with Crippen LogP contribution in [-0.2, 0) is 0 Å². The number of aromatic nitrogens is 4. The molecule has 2 atom stereocenters. The minimum Gasteiger partial charge on any atom is -0.486 e. The highest BCUT2D eigenvalue weighted by Gasteiger charge is 2.40. The predicted octanol–water partition coefficient (Wildman–Crippen LogP) is 4.89. The van der Waals surface area contributed by atoms with Crippen LogP contribution in [0.3, 0.4) is 0 Å². The second-order valence-corrected chi connectivity index (χ2v) is 10.7. The Kier molecular flexibility index (Phi) is 7.16. The Morgan fingerprint density at radius 2 is 1.95 bits per heavy atom. The van der Waals surface area contributed by atoms with Gasteiger partial charge in [0, 0.05) is 54.7 Å². The van der Waals surface area contributed by atoms with E-state index >= 15 is 0 Å². The Labute approximate surface area is 230 Å². The Hall–Kier alpha value is -3.42. The number of hydrogen-bond acceptors (Lipinski definition) is 8. The molecule has 196 valence electrons. The van der Waals surface area contributed by atoms with Crippen LogP contribution in [0.4, 0.5) is 5.82 Å². The van der Waals surface area contributed by atoms with Crippen LogP contribution in [0, 0.1) is 11.3 Å². The first-order valence-corrected chi connectivity index (χ1v) is 13.0. The maximum atomic E-state index is 9.89. The molecule has 9 nitrogen and oxygen atoms in total. The number of halogens is 2. The van der Waals surface area contributed by atoms with Gasteiger partial charge in [0.15, 0.2) is 0 Å². The molecule has 1 aliphatic rings. The number of hydrogen-bond donors (Lipinski definition) is 3.